The van der Waals surface area contributed by atoms with Crippen LogP contribution in [0.25, 0.3) is 0 Å². The first-order chi connectivity index (χ1) is 8.07. The number of ether oxygens (including phenoxy) is 1. The second-order valence-electron chi connectivity index (χ2n) is 3.83. The highest BCUT2D eigenvalue weighted by atomic mass is 16.5. The largest absolute Gasteiger partial charge is 0.492 e. The zero-order valence-electron chi connectivity index (χ0n) is 9.56. The molecule has 0 aromatic heterocycles. The molecule has 0 fully saturated rings. The van der Waals surface area contributed by atoms with Crippen molar-refractivity contribution in [3.63, 3.8) is 0 Å². The van der Waals surface area contributed by atoms with Gasteiger partial charge in [0, 0.05) is 11.1 Å². The van der Waals surface area contributed by atoms with Crippen LogP contribution in [0.1, 0.15) is 27.6 Å². The van der Waals surface area contributed by atoms with Crippen LogP contribution in [0.3, 0.4) is 0 Å². The van der Waals surface area contributed by atoms with Gasteiger partial charge in [0.15, 0.2) is 11.5 Å². The number of aliphatic hydroxyl groups excluding tert-OH is 1. The summed E-state index contributed by atoms with van der Waals surface area (Å²) in [6.07, 6.45) is -1.03. The van der Waals surface area contributed by atoms with E-state index in [1.54, 1.807) is 24.3 Å². The van der Waals surface area contributed by atoms with Gasteiger partial charge in [-0.3, -0.25) is 9.59 Å². The summed E-state index contributed by atoms with van der Waals surface area (Å²) in [7, 11) is 1.32. The predicted molar refractivity (Wildman–Crippen MR) is 60.8 cm³/mol. The number of rotatable bonds is 2. The Morgan fingerprint density at radius 2 is 1.65 bits per heavy atom. The molecule has 1 aromatic rings. The lowest BCUT2D eigenvalue weighted by atomic mass is 9.86. The van der Waals surface area contributed by atoms with Crippen LogP contribution < -0.4 is 0 Å². The predicted octanol–water partition coefficient (Wildman–Crippen LogP) is 1.35. The summed E-state index contributed by atoms with van der Waals surface area (Å²) in [6.45, 7) is 1.44. The van der Waals surface area contributed by atoms with Crippen LogP contribution in [0.4, 0.5) is 0 Å². The molecule has 1 aliphatic rings. The molecule has 0 heterocycles. The highest BCUT2D eigenvalue weighted by Gasteiger charge is 2.34. The molecule has 0 amide bonds. The van der Waals surface area contributed by atoms with E-state index in [4.69, 9.17) is 4.74 Å². The number of carbonyl (C=O) groups excluding carboxylic acids is 2. The Morgan fingerprint density at radius 3 is 2.12 bits per heavy atom. The number of fused-ring (bicyclic) bond motifs is 1. The molecule has 1 aromatic carbocycles. The molecule has 88 valence electrons. The molecule has 0 bridgehead atoms. The SMILES string of the molecule is COC1=C(C(C)O)C(=O)c2ccccc2C1=O. The molecular formula is C13H12O4. The first-order valence-corrected chi connectivity index (χ1v) is 5.22. The Balaban J connectivity index is 2.69. The Bertz CT molecular complexity index is 526. The number of hydrogen-bond donors (Lipinski definition) is 1. The van der Waals surface area contributed by atoms with E-state index in [-0.39, 0.29) is 22.9 Å². The van der Waals surface area contributed by atoms with Crippen LogP contribution in [0.5, 0.6) is 0 Å². The number of ketones is 2. The van der Waals surface area contributed by atoms with E-state index in [0.29, 0.717) is 11.1 Å². The van der Waals surface area contributed by atoms with E-state index in [0.717, 1.165) is 0 Å². The minimum atomic E-state index is -1.03. The second kappa shape index (κ2) is 4.14. The summed E-state index contributed by atoms with van der Waals surface area (Å²) < 4.78 is 4.95. The number of Topliss-reactive ketones (excluding diaryl/α,β-unsaturated/α-hetero) is 2. The van der Waals surface area contributed by atoms with Crippen LogP contribution in [-0.4, -0.2) is 29.9 Å². The standard InChI is InChI=1S/C13H12O4/c1-7(14)10-11(15)8-5-3-4-6-9(8)12(16)13(10)17-2/h3-7,14H,1-2H3. The van der Waals surface area contributed by atoms with Gasteiger partial charge in [-0.15, -0.1) is 0 Å². The highest BCUT2D eigenvalue weighted by molar-refractivity contribution is 6.26. The minimum Gasteiger partial charge on any atom is -0.492 e. The lowest BCUT2D eigenvalue weighted by Crippen LogP contribution is -2.28. The highest BCUT2D eigenvalue weighted by Crippen LogP contribution is 2.28. The van der Waals surface area contributed by atoms with Crippen LogP contribution >= 0.6 is 0 Å². The average molecular weight is 232 g/mol. The van der Waals surface area contributed by atoms with E-state index in [1.807, 2.05) is 0 Å². The van der Waals surface area contributed by atoms with Gasteiger partial charge >= 0.3 is 0 Å². The molecule has 0 radical (unpaired) electrons. The molecule has 1 atom stereocenters. The van der Waals surface area contributed by atoms with Gasteiger partial charge in [0.2, 0.25) is 5.78 Å². The van der Waals surface area contributed by atoms with Crippen molar-refractivity contribution in [1.82, 2.24) is 0 Å². The molecule has 1 unspecified atom stereocenters. The molecule has 0 aliphatic heterocycles. The second-order valence-corrected chi connectivity index (χ2v) is 3.83. The number of hydrogen-bond acceptors (Lipinski definition) is 4. The maximum Gasteiger partial charge on any atom is 0.228 e. The molecule has 0 spiro atoms. The third-order valence-corrected chi connectivity index (χ3v) is 2.73. The number of allylic oxidation sites excluding steroid dienone is 1. The zero-order chi connectivity index (χ0) is 12.6. The summed E-state index contributed by atoms with van der Waals surface area (Å²) in [4.78, 5) is 24.2. The maximum absolute atomic E-state index is 12.1. The number of benzene rings is 1. The van der Waals surface area contributed by atoms with Crippen molar-refractivity contribution in [3.8, 4) is 0 Å². The molecular weight excluding hydrogens is 220 g/mol. The van der Waals surface area contributed by atoms with Crippen molar-refractivity contribution < 1.29 is 19.4 Å². The molecule has 1 aliphatic carbocycles. The third-order valence-electron chi connectivity index (χ3n) is 2.73. The Labute approximate surface area is 98.5 Å². The average Bonchev–Trinajstić information content (AvgIpc) is 2.33. The Morgan fingerprint density at radius 1 is 1.12 bits per heavy atom. The maximum atomic E-state index is 12.1. The molecule has 17 heavy (non-hydrogen) atoms. The minimum absolute atomic E-state index is 0.0243. The summed E-state index contributed by atoms with van der Waals surface area (Å²) in [5, 5.41) is 9.58. The summed E-state index contributed by atoms with van der Waals surface area (Å²) >= 11 is 0. The van der Waals surface area contributed by atoms with Gasteiger partial charge in [-0.25, -0.2) is 0 Å². The van der Waals surface area contributed by atoms with Crippen molar-refractivity contribution in [3.05, 3.63) is 46.7 Å². The van der Waals surface area contributed by atoms with Crippen molar-refractivity contribution in [2.24, 2.45) is 0 Å². The van der Waals surface area contributed by atoms with Gasteiger partial charge in [-0.1, -0.05) is 24.3 Å². The van der Waals surface area contributed by atoms with Crippen molar-refractivity contribution in [2.45, 2.75) is 13.0 Å². The van der Waals surface area contributed by atoms with E-state index in [9.17, 15) is 14.7 Å². The number of methoxy groups -OCH3 is 1. The summed E-state index contributed by atoms with van der Waals surface area (Å²) in [5.41, 5.74) is 0.657. The topological polar surface area (TPSA) is 63.6 Å². The fraction of sp³-hybridized carbons (Fsp3) is 0.231. The number of carbonyl (C=O) groups is 2. The van der Waals surface area contributed by atoms with Crippen LogP contribution in [-0.2, 0) is 4.74 Å². The lowest BCUT2D eigenvalue weighted by molar-refractivity contribution is 0.0872. The quantitative estimate of drug-likeness (QED) is 0.835. The molecule has 2 rings (SSSR count). The van der Waals surface area contributed by atoms with Crippen LogP contribution in [0.15, 0.2) is 35.6 Å². The summed E-state index contributed by atoms with van der Waals surface area (Å²) in [6, 6.07) is 6.52. The Kier molecular flexibility index (Phi) is 2.81. The first kappa shape index (κ1) is 11.5. The Hall–Kier alpha value is -1.94. The smallest absolute Gasteiger partial charge is 0.228 e. The van der Waals surface area contributed by atoms with E-state index >= 15 is 0 Å². The molecule has 0 saturated carbocycles. The molecule has 4 nitrogen and oxygen atoms in total. The van der Waals surface area contributed by atoms with E-state index in [1.165, 1.54) is 14.0 Å². The fourth-order valence-corrected chi connectivity index (χ4v) is 1.95. The third kappa shape index (κ3) is 1.66. The molecule has 0 saturated heterocycles. The van der Waals surface area contributed by atoms with Gasteiger partial charge < -0.3 is 9.84 Å². The normalized spacial score (nSPS) is 16.9. The van der Waals surface area contributed by atoms with Crippen LogP contribution in [0, 0.1) is 0 Å². The van der Waals surface area contributed by atoms with Gasteiger partial charge in [0.25, 0.3) is 0 Å². The van der Waals surface area contributed by atoms with Gasteiger partial charge in [-0.05, 0) is 6.92 Å². The monoisotopic (exact) mass is 232 g/mol. The van der Waals surface area contributed by atoms with Crippen molar-refractivity contribution in [1.29, 1.82) is 0 Å². The van der Waals surface area contributed by atoms with Gasteiger partial charge in [0.05, 0.1) is 18.8 Å². The van der Waals surface area contributed by atoms with E-state index < -0.39 is 6.10 Å². The fourth-order valence-electron chi connectivity index (χ4n) is 1.95. The first-order valence-electron chi connectivity index (χ1n) is 5.22. The molecule has 1 N–H and O–H groups in total. The molecule has 4 heteroatoms. The zero-order valence-corrected chi connectivity index (χ0v) is 9.56. The van der Waals surface area contributed by atoms with Crippen molar-refractivity contribution in [2.75, 3.05) is 7.11 Å². The van der Waals surface area contributed by atoms with Gasteiger partial charge in [0.1, 0.15) is 0 Å². The van der Waals surface area contributed by atoms with Crippen LogP contribution in [0.2, 0.25) is 0 Å². The van der Waals surface area contributed by atoms with Crippen molar-refractivity contribution >= 4 is 11.6 Å². The lowest BCUT2D eigenvalue weighted by Gasteiger charge is -2.21. The number of aliphatic hydroxyl groups is 1. The van der Waals surface area contributed by atoms with Gasteiger partial charge in [-0.2, -0.15) is 0 Å². The summed E-state index contributed by atoms with van der Waals surface area (Å²) in [5.74, 6) is -0.783. The van der Waals surface area contributed by atoms with E-state index in [2.05, 4.69) is 0 Å².